The number of ether oxygens (including phenoxy) is 2. The average molecular weight is 792 g/mol. The van der Waals surface area contributed by atoms with Gasteiger partial charge in [-0.25, -0.2) is 30.0 Å². The van der Waals surface area contributed by atoms with E-state index in [4.69, 9.17) is 9.47 Å². The number of piperidine rings is 1. The standard InChI is InChI=1S/C41H46FN3O8S2/c1-7-54(48,49)31-15-17-36(52-37-16-12-29(24-35(37)42)11-10-28-18-21-44(22-19-28)40(47)53-41(3,4)5)33(25-31)34-26-43(6)39(46)38-32(34)20-23-45(38)55(50,51)30-13-8-27(2)9-14-30/h8-9,12-17,20,23-26,28H,7,10-11,18-19,21-22H2,1-6H3. The first kappa shape index (κ1) is 39.7. The summed E-state index contributed by atoms with van der Waals surface area (Å²) in [5.41, 5.74) is 0.900. The van der Waals surface area contributed by atoms with Crippen LogP contribution in [0, 0.1) is 18.7 Å². The molecule has 14 heteroatoms. The van der Waals surface area contributed by atoms with Crippen molar-refractivity contribution in [2.24, 2.45) is 13.0 Å². The molecule has 0 saturated carbocycles. The van der Waals surface area contributed by atoms with Gasteiger partial charge in [-0.2, -0.15) is 0 Å². The first-order chi connectivity index (χ1) is 25.9. The molecule has 0 radical (unpaired) electrons. The maximum atomic E-state index is 15.7. The summed E-state index contributed by atoms with van der Waals surface area (Å²) < 4.78 is 83.2. The molecule has 292 valence electrons. The third-order valence-electron chi connectivity index (χ3n) is 9.87. The van der Waals surface area contributed by atoms with Crippen LogP contribution >= 0.6 is 0 Å². The molecule has 1 amide bonds. The summed E-state index contributed by atoms with van der Waals surface area (Å²) >= 11 is 0. The minimum Gasteiger partial charge on any atom is -0.454 e. The SMILES string of the molecule is CCS(=O)(=O)c1ccc(Oc2ccc(CCC3CCN(C(=O)OC(C)(C)C)CC3)cc2F)c(-c2cn(C)c(=O)c3c2ccn3S(=O)(=O)c2ccc(C)cc2)c1. The molecule has 0 unspecified atom stereocenters. The van der Waals surface area contributed by atoms with E-state index >= 15 is 4.39 Å². The van der Waals surface area contributed by atoms with Gasteiger partial charge >= 0.3 is 6.09 Å². The maximum Gasteiger partial charge on any atom is 0.410 e. The molecule has 6 rings (SSSR count). The van der Waals surface area contributed by atoms with Gasteiger partial charge in [0.05, 0.1) is 15.5 Å². The van der Waals surface area contributed by atoms with E-state index in [9.17, 15) is 26.4 Å². The second-order valence-electron chi connectivity index (χ2n) is 15.0. The summed E-state index contributed by atoms with van der Waals surface area (Å²) in [5.74, 6) is -0.415. The zero-order chi connectivity index (χ0) is 39.9. The Balaban J connectivity index is 1.30. The monoisotopic (exact) mass is 791 g/mol. The molecule has 11 nitrogen and oxygen atoms in total. The molecular weight excluding hydrogens is 746 g/mol. The molecule has 1 fully saturated rings. The Labute approximate surface area is 321 Å². The van der Waals surface area contributed by atoms with Crippen LogP contribution in [0.15, 0.2) is 93.7 Å². The lowest BCUT2D eigenvalue weighted by atomic mass is 9.90. The second-order valence-corrected chi connectivity index (χ2v) is 19.1. The number of pyridine rings is 1. The van der Waals surface area contributed by atoms with Gasteiger partial charge in [0, 0.05) is 49.0 Å². The van der Waals surface area contributed by atoms with E-state index in [1.165, 1.54) is 79.5 Å². The number of carbonyl (C=O) groups excluding carboxylic acids is 1. The van der Waals surface area contributed by atoms with Gasteiger partial charge in [0.1, 0.15) is 16.9 Å². The van der Waals surface area contributed by atoms with Crippen LogP contribution in [-0.2, 0) is 38.1 Å². The number of benzene rings is 3. The number of amides is 1. The first-order valence-electron chi connectivity index (χ1n) is 18.2. The molecule has 0 bridgehead atoms. The van der Waals surface area contributed by atoms with E-state index in [-0.39, 0.29) is 49.6 Å². The average Bonchev–Trinajstić information content (AvgIpc) is 3.60. The summed E-state index contributed by atoms with van der Waals surface area (Å²) in [4.78, 5) is 27.7. The van der Waals surface area contributed by atoms with Crippen molar-refractivity contribution in [1.82, 2.24) is 13.4 Å². The number of aromatic nitrogens is 2. The van der Waals surface area contributed by atoms with Gasteiger partial charge in [-0.1, -0.05) is 30.7 Å². The van der Waals surface area contributed by atoms with Crippen LogP contribution in [0.3, 0.4) is 0 Å². The number of likely N-dealkylation sites (tertiary alicyclic amines) is 1. The highest BCUT2D eigenvalue weighted by molar-refractivity contribution is 7.91. The number of hydrogen-bond donors (Lipinski definition) is 0. The third kappa shape index (κ3) is 8.50. The van der Waals surface area contributed by atoms with Crippen LogP contribution in [0.1, 0.15) is 58.1 Å². The Morgan fingerprint density at radius 1 is 0.891 bits per heavy atom. The molecule has 1 aliphatic heterocycles. The van der Waals surface area contributed by atoms with E-state index in [1.807, 2.05) is 27.7 Å². The molecular formula is C41H46FN3O8S2. The minimum atomic E-state index is -4.20. The molecule has 1 saturated heterocycles. The summed E-state index contributed by atoms with van der Waals surface area (Å²) in [7, 11) is -6.45. The second kappa shape index (κ2) is 15.3. The van der Waals surface area contributed by atoms with Gasteiger partial charge in [0.25, 0.3) is 15.6 Å². The van der Waals surface area contributed by atoms with Crippen molar-refractivity contribution >= 4 is 36.9 Å². The molecule has 0 N–H and O–H groups in total. The zero-order valence-corrected chi connectivity index (χ0v) is 33.5. The molecule has 5 aromatic rings. The highest BCUT2D eigenvalue weighted by Gasteiger charge is 2.28. The number of fused-ring (bicyclic) bond motifs is 1. The van der Waals surface area contributed by atoms with Crippen LogP contribution in [-0.4, -0.2) is 60.8 Å². The van der Waals surface area contributed by atoms with E-state index in [2.05, 4.69) is 0 Å². The van der Waals surface area contributed by atoms with E-state index in [0.717, 1.165) is 34.4 Å². The van der Waals surface area contributed by atoms with Gasteiger partial charge in [-0.3, -0.25) is 4.79 Å². The fourth-order valence-corrected chi connectivity index (χ4v) is 8.99. The smallest absolute Gasteiger partial charge is 0.410 e. The van der Waals surface area contributed by atoms with Gasteiger partial charge < -0.3 is 18.9 Å². The van der Waals surface area contributed by atoms with Crippen molar-refractivity contribution in [2.45, 2.75) is 75.7 Å². The summed E-state index contributed by atoms with van der Waals surface area (Å²) in [6.45, 7) is 10.1. The third-order valence-corrected chi connectivity index (χ3v) is 13.3. The topological polar surface area (TPSA) is 134 Å². The van der Waals surface area contributed by atoms with Crippen LogP contribution in [0.25, 0.3) is 22.0 Å². The lowest BCUT2D eigenvalue weighted by Gasteiger charge is -2.33. The Hall–Kier alpha value is -4.95. The molecule has 3 aromatic carbocycles. The van der Waals surface area contributed by atoms with Crippen molar-refractivity contribution in [3.05, 3.63) is 106 Å². The van der Waals surface area contributed by atoms with Gasteiger partial charge in [0.15, 0.2) is 21.4 Å². The number of nitrogens with zero attached hydrogens (tertiary/aromatic N) is 3. The fraction of sp³-hybridized carbons (Fsp3) is 0.366. The number of aryl methyl sites for hydroxylation is 3. The summed E-state index contributed by atoms with van der Waals surface area (Å²) in [5, 5.41) is 0.238. The van der Waals surface area contributed by atoms with E-state index in [1.54, 1.807) is 23.1 Å². The lowest BCUT2D eigenvalue weighted by Crippen LogP contribution is -2.41. The number of hydrogen-bond acceptors (Lipinski definition) is 8. The largest absolute Gasteiger partial charge is 0.454 e. The highest BCUT2D eigenvalue weighted by atomic mass is 32.2. The van der Waals surface area contributed by atoms with Crippen molar-refractivity contribution in [2.75, 3.05) is 18.8 Å². The molecule has 0 spiro atoms. The van der Waals surface area contributed by atoms with E-state index in [0.29, 0.717) is 31.0 Å². The Kier molecular flexibility index (Phi) is 11.0. The molecule has 55 heavy (non-hydrogen) atoms. The summed E-state index contributed by atoms with van der Waals surface area (Å²) in [6, 6.07) is 16.7. The lowest BCUT2D eigenvalue weighted by molar-refractivity contribution is 0.0181. The number of sulfone groups is 1. The van der Waals surface area contributed by atoms with Crippen LogP contribution in [0.5, 0.6) is 11.5 Å². The number of halogens is 1. The van der Waals surface area contributed by atoms with Crippen LogP contribution < -0.4 is 10.3 Å². The Bertz CT molecular complexity index is 2530. The molecule has 0 atom stereocenters. The minimum absolute atomic E-state index is 0.00869. The van der Waals surface area contributed by atoms with Crippen molar-refractivity contribution < 1.29 is 35.5 Å². The van der Waals surface area contributed by atoms with Crippen LogP contribution in [0.4, 0.5) is 9.18 Å². The predicted molar refractivity (Wildman–Crippen MR) is 209 cm³/mol. The highest BCUT2D eigenvalue weighted by Crippen LogP contribution is 2.40. The normalized spacial score (nSPS) is 14.3. The first-order valence-corrected chi connectivity index (χ1v) is 21.3. The zero-order valence-electron chi connectivity index (χ0n) is 31.8. The van der Waals surface area contributed by atoms with Crippen molar-refractivity contribution in [3.63, 3.8) is 0 Å². The molecule has 1 aliphatic rings. The Morgan fingerprint density at radius 2 is 1.55 bits per heavy atom. The van der Waals surface area contributed by atoms with Crippen molar-refractivity contribution in [3.8, 4) is 22.6 Å². The molecule has 2 aromatic heterocycles. The van der Waals surface area contributed by atoms with Crippen molar-refractivity contribution in [1.29, 1.82) is 0 Å². The predicted octanol–water partition coefficient (Wildman–Crippen LogP) is 7.86. The summed E-state index contributed by atoms with van der Waals surface area (Å²) in [6.07, 6.45) is 5.57. The van der Waals surface area contributed by atoms with Gasteiger partial charge in [-0.05, 0) is 113 Å². The van der Waals surface area contributed by atoms with Crippen LogP contribution in [0.2, 0.25) is 0 Å². The number of rotatable bonds is 10. The maximum absolute atomic E-state index is 15.7. The number of carbonyl (C=O) groups is 1. The molecule has 3 heterocycles. The Morgan fingerprint density at radius 3 is 2.18 bits per heavy atom. The van der Waals surface area contributed by atoms with Gasteiger partial charge in [0.2, 0.25) is 0 Å². The molecule has 0 aliphatic carbocycles. The van der Waals surface area contributed by atoms with Gasteiger partial charge in [-0.15, -0.1) is 0 Å². The quantitative estimate of drug-likeness (QED) is 0.140. The fourth-order valence-electron chi connectivity index (χ4n) is 6.74. The van der Waals surface area contributed by atoms with E-state index < -0.39 is 36.8 Å².